The van der Waals surface area contributed by atoms with Crippen molar-refractivity contribution in [1.29, 1.82) is 0 Å². The average molecular weight is 182 g/mol. The molecule has 13 heavy (non-hydrogen) atoms. The molecule has 0 amide bonds. The molecule has 68 valence electrons. The van der Waals surface area contributed by atoms with Crippen LogP contribution in [0.1, 0.15) is 11.1 Å². The lowest BCUT2D eigenvalue weighted by Crippen LogP contribution is -1.84. The van der Waals surface area contributed by atoms with E-state index in [-0.39, 0.29) is 0 Å². The molecule has 0 fully saturated rings. The fourth-order valence-corrected chi connectivity index (χ4v) is 0.816. The molecule has 0 spiro atoms. The van der Waals surface area contributed by atoms with E-state index in [1.165, 1.54) is 12.4 Å². The summed E-state index contributed by atoms with van der Waals surface area (Å²) in [5.74, 6) is 0. The third-order valence-corrected chi connectivity index (χ3v) is 1.38. The maximum Gasteiger partial charge on any atom is 0.0779 e. The first kappa shape index (κ1) is 9.18. The predicted molar refractivity (Wildman–Crippen MR) is 45.6 cm³/mol. The van der Waals surface area contributed by atoms with Crippen LogP contribution in [0.15, 0.2) is 34.6 Å². The molecule has 0 unspecified atom stereocenters. The Kier molecular flexibility index (Phi) is 3.44. The Morgan fingerprint density at radius 3 is 2.15 bits per heavy atom. The molecule has 0 saturated heterocycles. The molecule has 0 aliphatic rings. The quantitative estimate of drug-likeness (QED) is 0.439. The summed E-state index contributed by atoms with van der Waals surface area (Å²) in [6, 6.07) is 6.75. The smallest absolute Gasteiger partial charge is 0.0779 e. The Labute approximate surface area is 73.8 Å². The highest BCUT2D eigenvalue weighted by atomic mass is 19.3. The van der Waals surface area contributed by atoms with Crippen LogP contribution in [0.25, 0.3) is 0 Å². The molecule has 5 heteroatoms. The van der Waals surface area contributed by atoms with E-state index in [1.807, 2.05) is 0 Å². The van der Waals surface area contributed by atoms with E-state index in [0.29, 0.717) is 5.56 Å². The standard InChI is InChI=1S/C8H7FN2O2/c9-13-11-6-8-3-1-7(2-4-8)5-10-12/h1-6,12H/b10-5+,11-6+. The molecule has 0 atom stereocenters. The van der Waals surface area contributed by atoms with Gasteiger partial charge in [-0.1, -0.05) is 29.4 Å². The zero-order valence-corrected chi connectivity index (χ0v) is 6.59. The van der Waals surface area contributed by atoms with Crippen molar-refractivity contribution in [2.75, 3.05) is 0 Å². The highest BCUT2D eigenvalue weighted by Crippen LogP contribution is 2.00. The van der Waals surface area contributed by atoms with Gasteiger partial charge in [0.15, 0.2) is 0 Å². The molecular weight excluding hydrogens is 175 g/mol. The molecule has 1 N–H and O–H groups in total. The molecular formula is C8H7FN2O2. The molecule has 1 rings (SSSR count). The van der Waals surface area contributed by atoms with Gasteiger partial charge in [0.2, 0.25) is 0 Å². The summed E-state index contributed by atoms with van der Waals surface area (Å²) in [6.45, 7) is 0. The number of hydrogen-bond acceptors (Lipinski definition) is 4. The Bertz CT molecular complexity index is 308. The first-order valence-corrected chi connectivity index (χ1v) is 3.45. The molecule has 0 aromatic heterocycles. The zero-order chi connectivity index (χ0) is 9.52. The SMILES string of the molecule is O/N=C/c1ccc(/C=N/OF)cc1. The fourth-order valence-electron chi connectivity index (χ4n) is 0.816. The van der Waals surface area contributed by atoms with Crippen molar-refractivity contribution in [3.8, 4) is 0 Å². The van der Waals surface area contributed by atoms with Gasteiger partial charge in [-0.3, -0.25) is 0 Å². The average Bonchev–Trinajstić information content (AvgIpc) is 2.17. The first-order valence-electron chi connectivity index (χ1n) is 3.45. The largest absolute Gasteiger partial charge is 0.411 e. The maximum absolute atomic E-state index is 11.1. The van der Waals surface area contributed by atoms with Gasteiger partial charge < -0.3 is 5.21 Å². The first-order chi connectivity index (χ1) is 6.36. The molecule has 1 aromatic rings. The Hall–Kier alpha value is -1.91. The van der Waals surface area contributed by atoms with Gasteiger partial charge in [0.1, 0.15) is 0 Å². The Morgan fingerprint density at radius 1 is 1.15 bits per heavy atom. The molecule has 0 aliphatic carbocycles. The summed E-state index contributed by atoms with van der Waals surface area (Å²) in [5.41, 5.74) is 1.42. The van der Waals surface area contributed by atoms with Gasteiger partial charge in [0.05, 0.1) is 12.4 Å². The fraction of sp³-hybridized carbons (Fsp3) is 0. The van der Waals surface area contributed by atoms with Crippen LogP contribution in [-0.2, 0) is 5.04 Å². The lowest BCUT2D eigenvalue weighted by Gasteiger charge is -1.92. The lowest BCUT2D eigenvalue weighted by molar-refractivity contribution is -0.130. The van der Waals surface area contributed by atoms with Crippen molar-refractivity contribution in [3.05, 3.63) is 35.4 Å². The van der Waals surface area contributed by atoms with E-state index in [1.54, 1.807) is 24.3 Å². The summed E-state index contributed by atoms with van der Waals surface area (Å²) in [4.78, 5) is 0. The summed E-state index contributed by atoms with van der Waals surface area (Å²) in [6.07, 6.45) is 2.51. The highest BCUT2D eigenvalue weighted by molar-refractivity contribution is 5.83. The van der Waals surface area contributed by atoms with Crippen LogP contribution in [0.5, 0.6) is 0 Å². The zero-order valence-electron chi connectivity index (χ0n) is 6.59. The van der Waals surface area contributed by atoms with Crippen molar-refractivity contribution in [2.45, 2.75) is 0 Å². The second-order valence-corrected chi connectivity index (χ2v) is 2.21. The molecule has 0 heterocycles. The maximum atomic E-state index is 11.1. The third kappa shape index (κ3) is 2.90. The van der Waals surface area contributed by atoms with Gasteiger partial charge in [-0.2, -0.15) is 5.04 Å². The van der Waals surface area contributed by atoms with E-state index in [9.17, 15) is 4.53 Å². The summed E-state index contributed by atoms with van der Waals surface area (Å²) in [7, 11) is 0. The number of benzene rings is 1. The van der Waals surface area contributed by atoms with Gasteiger partial charge in [0, 0.05) is 4.53 Å². The summed E-state index contributed by atoms with van der Waals surface area (Å²) >= 11 is 0. The van der Waals surface area contributed by atoms with Crippen molar-refractivity contribution < 1.29 is 14.8 Å². The second-order valence-electron chi connectivity index (χ2n) is 2.21. The number of nitrogens with zero attached hydrogens (tertiary/aromatic N) is 2. The van der Waals surface area contributed by atoms with E-state index < -0.39 is 0 Å². The molecule has 0 bridgehead atoms. The molecule has 0 saturated carbocycles. The number of halogens is 1. The van der Waals surface area contributed by atoms with E-state index in [0.717, 1.165) is 5.56 Å². The van der Waals surface area contributed by atoms with Crippen molar-refractivity contribution in [3.63, 3.8) is 0 Å². The number of hydrogen-bond donors (Lipinski definition) is 1. The van der Waals surface area contributed by atoms with Gasteiger partial charge >= 0.3 is 0 Å². The molecule has 0 aliphatic heterocycles. The van der Waals surface area contributed by atoms with Crippen LogP contribution in [-0.4, -0.2) is 17.6 Å². The van der Waals surface area contributed by atoms with Gasteiger partial charge in [-0.05, 0) is 16.3 Å². The normalized spacial score (nSPS) is 11.2. The van der Waals surface area contributed by atoms with Crippen LogP contribution < -0.4 is 0 Å². The van der Waals surface area contributed by atoms with Crippen LogP contribution in [0.2, 0.25) is 0 Å². The minimum atomic E-state index is 0.688. The van der Waals surface area contributed by atoms with Gasteiger partial charge in [-0.25, -0.2) is 0 Å². The molecule has 0 radical (unpaired) electrons. The lowest BCUT2D eigenvalue weighted by atomic mass is 10.2. The topological polar surface area (TPSA) is 54.2 Å². The third-order valence-electron chi connectivity index (χ3n) is 1.38. The van der Waals surface area contributed by atoms with Gasteiger partial charge in [-0.15, -0.1) is 0 Å². The van der Waals surface area contributed by atoms with Crippen LogP contribution in [0.4, 0.5) is 4.53 Å². The molecule has 4 nitrogen and oxygen atoms in total. The highest BCUT2D eigenvalue weighted by Gasteiger charge is 1.89. The van der Waals surface area contributed by atoms with Crippen molar-refractivity contribution in [1.82, 2.24) is 0 Å². The van der Waals surface area contributed by atoms with Crippen LogP contribution >= 0.6 is 0 Å². The number of rotatable bonds is 3. The van der Waals surface area contributed by atoms with Crippen LogP contribution in [0, 0.1) is 0 Å². The monoisotopic (exact) mass is 182 g/mol. The number of oxime groups is 2. The Morgan fingerprint density at radius 2 is 1.69 bits per heavy atom. The minimum absolute atomic E-state index is 0.688. The van der Waals surface area contributed by atoms with E-state index in [2.05, 4.69) is 15.4 Å². The van der Waals surface area contributed by atoms with Crippen LogP contribution in [0.3, 0.4) is 0 Å². The second kappa shape index (κ2) is 4.87. The van der Waals surface area contributed by atoms with E-state index >= 15 is 0 Å². The summed E-state index contributed by atoms with van der Waals surface area (Å²) < 4.78 is 11.1. The van der Waals surface area contributed by atoms with E-state index in [4.69, 9.17) is 5.21 Å². The Balaban J connectivity index is 2.75. The molecule has 1 aromatic carbocycles. The summed E-state index contributed by atoms with van der Waals surface area (Å²) in [5, 5.41) is 17.0. The predicted octanol–water partition coefficient (Wildman–Crippen LogP) is 1.73. The van der Waals surface area contributed by atoms with Crippen molar-refractivity contribution in [2.24, 2.45) is 10.3 Å². The van der Waals surface area contributed by atoms with Gasteiger partial charge in [0.25, 0.3) is 0 Å². The van der Waals surface area contributed by atoms with Crippen molar-refractivity contribution >= 4 is 12.4 Å². The minimum Gasteiger partial charge on any atom is -0.411 e.